The van der Waals surface area contributed by atoms with E-state index in [0.29, 0.717) is 19.1 Å². The first kappa shape index (κ1) is 26.4. The van der Waals surface area contributed by atoms with Crippen LogP contribution in [0.1, 0.15) is 46.1 Å². The maximum Gasteiger partial charge on any atom is 0.410 e. The number of methoxy groups -OCH3 is 1. The number of carbonyl (C=O) groups excluding carboxylic acids is 1. The Labute approximate surface area is 225 Å². The molecule has 3 aromatic heterocycles. The van der Waals surface area contributed by atoms with E-state index in [9.17, 15) is 4.79 Å². The number of piperazine rings is 1. The first-order chi connectivity index (χ1) is 18.3. The summed E-state index contributed by atoms with van der Waals surface area (Å²) in [6.45, 7) is 13.0. The molecule has 1 amide bonds. The van der Waals surface area contributed by atoms with Gasteiger partial charge in [0, 0.05) is 75.6 Å². The number of fused-ring (bicyclic) bond motifs is 1. The summed E-state index contributed by atoms with van der Waals surface area (Å²) in [6, 6.07) is 8.95. The predicted octanol–water partition coefficient (Wildman–Crippen LogP) is 4.41. The van der Waals surface area contributed by atoms with Gasteiger partial charge in [0.2, 0.25) is 0 Å². The Balaban J connectivity index is 1.34. The second kappa shape index (κ2) is 10.9. The van der Waals surface area contributed by atoms with Crippen LogP contribution < -0.4 is 4.90 Å². The van der Waals surface area contributed by atoms with E-state index in [4.69, 9.17) is 14.5 Å². The molecule has 2 fully saturated rings. The maximum atomic E-state index is 12.3. The number of hydrogen-bond acceptors (Lipinski definition) is 7. The van der Waals surface area contributed by atoms with Crippen molar-refractivity contribution >= 4 is 17.3 Å². The van der Waals surface area contributed by atoms with Crippen LogP contribution in [0.15, 0.2) is 42.9 Å². The van der Waals surface area contributed by atoms with Crippen LogP contribution in [0.25, 0.3) is 16.8 Å². The highest BCUT2D eigenvalue weighted by Crippen LogP contribution is 2.36. The second-order valence-corrected chi connectivity index (χ2v) is 11.0. The number of nitrogens with zero attached hydrogens (tertiary/aromatic N) is 6. The van der Waals surface area contributed by atoms with Gasteiger partial charge < -0.3 is 19.3 Å². The van der Waals surface area contributed by atoms with Gasteiger partial charge in [0.15, 0.2) is 0 Å². The minimum atomic E-state index is -0.321. The van der Waals surface area contributed by atoms with Gasteiger partial charge in [-0.15, -0.1) is 0 Å². The van der Waals surface area contributed by atoms with Crippen LogP contribution in [0.2, 0.25) is 0 Å². The zero-order valence-corrected chi connectivity index (χ0v) is 23.3. The highest BCUT2D eigenvalue weighted by molar-refractivity contribution is 5.79. The molecule has 2 aliphatic rings. The Bertz CT molecular complexity index is 1250. The van der Waals surface area contributed by atoms with Crippen LogP contribution in [0.4, 0.5) is 10.5 Å². The Hall–Kier alpha value is -3.17. The number of carbonyl (C=O) groups is 1. The van der Waals surface area contributed by atoms with Crippen LogP contribution in [-0.2, 0) is 15.1 Å². The van der Waals surface area contributed by atoms with Gasteiger partial charge in [0.1, 0.15) is 5.60 Å². The highest BCUT2D eigenvalue weighted by Gasteiger charge is 2.38. The standard InChI is InChI=1S/C29H40N6O3/c1-21(2)34-12-6-10-29(20-34,37-5)24-7-8-25(30-18-24)23-17-27-26(9-11-31-35(27)19-23)32-13-15-33(16-14-32)28(36)38-22(3)4/h7-9,11,17-19,21-22H,6,10,12-16,20H2,1-5H3/t29-/m0/s1. The fourth-order valence-electron chi connectivity index (χ4n) is 5.66. The van der Waals surface area contributed by atoms with Crippen LogP contribution in [-0.4, -0.2) is 89.0 Å². The lowest BCUT2D eigenvalue weighted by atomic mass is 9.85. The third-order valence-corrected chi connectivity index (χ3v) is 7.89. The quantitative estimate of drug-likeness (QED) is 0.477. The number of anilines is 1. The zero-order chi connectivity index (χ0) is 26.9. The summed E-state index contributed by atoms with van der Waals surface area (Å²) in [7, 11) is 1.82. The van der Waals surface area contributed by atoms with Gasteiger partial charge in [0.25, 0.3) is 0 Å². The molecule has 5 rings (SSSR count). The van der Waals surface area contributed by atoms with Gasteiger partial charge in [-0.1, -0.05) is 6.07 Å². The van der Waals surface area contributed by atoms with E-state index in [1.165, 1.54) is 0 Å². The predicted molar refractivity (Wildman–Crippen MR) is 148 cm³/mol. The van der Waals surface area contributed by atoms with Gasteiger partial charge in [-0.3, -0.25) is 9.88 Å². The molecule has 2 saturated heterocycles. The molecular formula is C29H40N6O3. The Morgan fingerprint density at radius 3 is 2.50 bits per heavy atom. The third-order valence-electron chi connectivity index (χ3n) is 7.89. The third kappa shape index (κ3) is 5.22. The molecule has 9 nitrogen and oxygen atoms in total. The molecule has 3 aromatic rings. The van der Waals surface area contributed by atoms with E-state index < -0.39 is 0 Å². The first-order valence-corrected chi connectivity index (χ1v) is 13.7. The molecule has 204 valence electrons. The minimum Gasteiger partial charge on any atom is -0.447 e. The zero-order valence-electron chi connectivity index (χ0n) is 23.3. The van der Waals surface area contributed by atoms with Crippen LogP contribution >= 0.6 is 0 Å². The van der Waals surface area contributed by atoms with Gasteiger partial charge in [-0.05, 0) is 65.3 Å². The lowest BCUT2D eigenvalue weighted by Gasteiger charge is -2.43. The fourth-order valence-corrected chi connectivity index (χ4v) is 5.66. The lowest BCUT2D eigenvalue weighted by molar-refractivity contribution is -0.0769. The van der Waals surface area contributed by atoms with Gasteiger partial charge in [0.05, 0.1) is 23.0 Å². The molecule has 1 atom stereocenters. The molecule has 0 N–H and O–H groups in total. The van der Waals surface area contributed by atoms with E-state index in [-0.39, 0.29) is 17.8 Å². The van der Waals surface area contributed by atoms with Crippen molar-refractivity contribution in [1.29, 1.82) is 0 Å². The molecule has 0 aliphatic carbocycles. The van der Waals surface area contributed by atoms with Crippen LogP contribution in [0, 0.1) is 0 Å². The van der Waals surface area contributed by atoms with Crippen molar-refractivity contribution in [3.8, 4) is 11.3 Å². The molecule has 0 aromatic carbocycles. The van der Waals surface area contributed by atoms with Crippen molar-refractivity contribution in [1.82, 2.24) is 24.4 Å². The van der Waals surface area contributed by atoms with E-state index >= 15 is 0 Å². The Morgan fingerprint density at radius 2 is 1.84 bits per heavy atom. The number of amides is 1. The van der Waals surface area contributed by atoms with Crippen molar-refractivity contribution in [3.05, 3.63) is 48.4 Å². The van der Waals surface area contributed by atoms with Crippen molar-refractivity contribution in [2.24, 2.45) is 0 Å². The molecule has 2 aliphatic heterocycles. The second-order valence-electron chi connectivity index (χ2n) is 11.0. The largest absolute Gasteiger partial charge is 0.447 e. The Kier molecular flexibility index (Phi) is 7.59. The monoisotopic (exact) mass is 520 g/mol. The van der Waals surface area contributed by atoms with Crippen molar-refractivity contribution in [2.45, 2.75) is 58.3 Å². The number of hydrogen-bond donors (Lipinski definition) is 0. The molecule has 9 heteroatoms. The van der Waals surface area contributed by atoms with Crippen molar-refractivity contribution in [3.63, 3.8) is 0 Å². The number of piperidine rings is 1. The lowest BCUT2D eigenvalue weighted by Crippen LogP contribution is -2.49. The number of rotatable bonds is 6. The smallest absolute Gasteiger partial charge is 0.410 e. The summed E-state index contributed by atoms with van der Waals surface area (Å²) in [6.07, 6.45) is 7.60. The normalized spacial score (nSPS) is 21.0. The van der Waals surface area contributed by atoms with E-state index in [1.807, 2.05) is 50.1 Å². The van der Waals surface area contributed by atoms with Crippen molar-refractivity contribution < 1.29 is 14.3 Å². The van der Waals surface area contributed by atoms with E-state index in [1.54, 1.807) is 4.90 Å². The summed E-state index contributed by atoms with van der Waals surface area (Å²) in [5.41, 5.74) is 4.88. The summed E-state index contributed by atoms with van der Waals surface area (Å²) in [5, 5.41) is 4.55. The van der Waals surface area contributed by atoms with E-state index in [2.05, 4.69) is 46.9 Å². The summed E-state index contributed by atoms with van der Waals surface area (Å²) in [5.74, 6) is 0. The molecule has 0 spiro atoms. The molecule has 0 radical (unpaired) electrons. The minimum absolute atomic E-state index is 0.111. The average molecular weight is 521 g/mol. The molecule has 0 bridgehead atoms. The molecular weight excluding hydrogens is 480 g/mol. The molecule has 38 heavy (non-hydrogen) atoms. The van der Waals surface area contributed by atoms with Crippen LogP contribution in [0.3, 0.4) is 0 Å². The highest BCUT2D eigenvalue weighted by atomic mass is 16.6. The molecule has 0 saturated carbocycles. The number of likely N-dealkylation sites (tertiary alicyclic amines) is 1. The van der Waals surface area contributed by atoms with Gasteiger partial charge in [-0.25, -0.2) is 9.31 Å². The average Bonchev–Trinajstić information content (AvgIpc) is 3.37. The number of aromatic nitrogens is 3. The SMILES string of the molecule is CO[C@@]1(c2ccc(-c3cc4c(N5CCN(C(=O)OC(C)C)CC5)ccnn4c3)nc2)CCCN(C(C)C)C1. The van der Waals surface area contributed by atoms with Gasteiger partial charge >= 0.3 is 6.09 Å². The Morgan fingerprint density at radius 1 is 1.05 bits per heavy atom. The number of pyridine rings is 1. The van der Waals surface area contributed by atoms with Gasteiger partial charge in [-0.2, -0.15) is 5.10 Å². The van der Waals surface area contributed by atoms with Crippen molar-refractivity contribution in [2.75, 3.05) is 51.3 Å². The first-order valence-electron chi connectivity index (χ1n) is 13.7. The maximum absolute atomic E-state index is 12.3. The summed E-state index contributed by atoms with van der Waals surface area (Å²) < 4.78 is 13.4. The summed E-state index contributed by atoms with van der Waals surface area (Å²) >= 11 is 0. The van der Waals surface area contributed by atoms with E-state index in [0.717, 1.165) is 67.0 Å². The topological polar surface area (TPSA) is 75.4 Å². The fraction of sp³-hybridized carbons (Fsp3) is 0.552. The number of ether oxygens (including phenoxy) is 2. The molecule has 5 heterocycles. The van der Waals surface area contributed by atoms with Crippen LogP contribution in [0.5, 0.6) is 0 Å². The summed E-state index contributed by atoms with van der Waals surface area (Å²) in [4.78, 5) is 23.7. The molecule has 0 unspecified atom stereocenters.